The molecule has 78 valence electrons. The van der Waals surface area contributed by atoms with E-state index in [-0.39, 0.29) is 6.04 Å². The Hall–Kier alpha value is -0.650. The number of rotatable bonds is 7. The maximum Gasteiger partial charge on any atom is 0.321 e. The number of hydrogen-bond donors (Lipinski definition) is 3. The molecular weight excluding hydrogens is 172 g/mol. The van der Waals surface area contributed by atoms with Crippen LogP contribution in [-0.4, -0.2) is 43.4 Å². The fraction of sp³-hybridized carbons (Fsp3) is 0.875. The number of carboxylic acid groups (broad SMARTS) is 1. The van der Waals surface area contributed by atoms with Crippen LogP contribution in [-0.2, 0) is 9.53 Å². The van der Waals surface area contributed by atoms with Gasteiger partial charge in [0.1, 0.15) is 6.04 Å². The molecule has 0 saturated heterocycles. The van der Waals surface area contributed by atoms with Crippen LogP contribution in [0.25, 0.3) is 0 Å². The molecule has 2 unspecified atom stereocenters. The predicted octanol–water partition coefficient (Wildman–Crippen LogP) is -0.587. The fourth-order valence-corrected chi connectivity index (χ4v) is 0.812. The van der Waals surface area contributed by atoms with Gasteiger partial charge in [0, 0.05) is 26.3 Å². The molecule has 0 aliphatic rings. The normalized spacial score (nSPS) is 15.3. The molecule has 4 N–H and O–H groups in total. The summed E-state index contributed by atoms with van der Waals surface area (Å²) in [5.41, 5.74) is 5.30. The topological polar surface area (TPSA) is 84.6 Å². The Morgan fingerprint density at radius 2 is 2.31 bits per heavy atom. The molecule has 2 atom stereocenters. The van der Waals surface area contributed by atoms with Gasteiger partial charge in [-0.25, -0.2) is 0 Å². The van der Waals surface area contributed by atoms with Crippen LogP contribution in [0.15, 0.2) is 0 Å². The van der Waals surface area contributed by atoms with Crippen LogP contribution in [0.5, 0.6) is 0 Å². The first kappa shape index (κ1) is 12.3. The molecule has 0 spiro atoms. The van der Waals surface area contributed by atoms with Gasteiger partial charge in [-0.3, -0.25) is 4.79 Å². The molecule has 0 rings (SSSR count). The van der Waals surface area contributed by atoms with Gasteiger partial charge in [-0.2, -0.15) is 0 Å². The van der Waals surface area contributed by atoms with E-state index in [0.717, 1.165) is 6.42 Å². The fourth-order valence-electron chi connectivity index (χ4n) is 0.812. The van der Waals surface area contributed by atoms with Crippen molar-refractivity contribution in [2.75, 3.05) is 20.3 Å². The maximum atomic E-state index is 10.3. The number of nitrogens with two attached hydrogens (primary N) is 1. The van der Waals surface area contributed by atoms with Crippen LogP contribution >= 0.6 is 0 Å². The van der Waals surface area contributed by atoms with E-state index in [1.165, 1.54) is 0 Å². The van der Waals surface area contributed by atoms with Crippen LogP contribution in [0.2, 0.25) is 0 Å². The summed E-state index contributed by atoms with van der Waals surface area (Å²) in [4.78, 5) is 10.3. The van der Waals surface area contributed by atoms with Crippen LogP contribution in [0.4, 0.5) is 0 Å². The van der Waals surface area contributed by atoms with Crippen LogP contribution in [0, 0.1) is 0 Å². The lowest BCUT2D eigenvalue weighted by Gasteiger charge is -2.14. The summed E-state index contributed by atoms with van der Waals surface area (Å²) < 4.78 is 4.88. The second-order valence-corrected chi connectivity index (χ2v) is 3.04. The summed E-state index contributed by atoms with van der Waals surface area (Å²) in [6, 6.07) is -0.602. The maximum absolute atomic E-state index is 10.3. The number of aliphatic carboxylic acids is 1. The van der Waals surface area contributed by atoms with Crippen LogP contribution in [0.1, 0.15) is 13.3 Å². The number of carbonyl (C=O) groups is 1. The van der Waals surface area contributed by atoms with Gasteiger partial charge in [-0.05, 0) is 13.3 Å². The molecule has 5 heteroatoms. The number of ether oxygens (including phenoxy) is 1. The highest BCUT2D eigenvalue weighted by atomic mass is 16.5. The number of nitrogens with one attached hydrogen (secondary N) is 1. The molecule has 5 nitrogen and oxygen atoms in total. The minimum absolute atomic E-state index is 0.227. The monoisotopic (exact) mass is 190 g/mol. The molecule has 0 aromatic carbocycles. The van der Waals surface area contributed by atoms with Gasteiger partial charge in [-0.15, -0.1) is 0 Å². The van der Waals surface area contributed by atoms with E-state index in [2.05, 4.69) is 5.32 Å². The van der Waals surface area contributed by atoms with Crippen molar-refractivity contribution in [2.24, 2.45) is 5.73 Å². The number of carboxylic acids is 1. The Kier molecular flexibility index (Phi) is 6.48. The summed E-state index contributed by atoms with van der Waals surface area (Å²) >= 11 is 0. The summed E-state index contributed by atoms with van der Waals surface area (Å²) in [6.07, 6.45) is 0.850. The van der Waals surface area contributed by atoms with Crippen molar-refractivity contribution in [1.82, 2.24) is 5.32 Å². The van der Waals surface area contributed by atoms with Gasteiger partial charge in [0.25, 0.3) is 0 Å². The molecule has 0 fully saturated rings. The third kappa shape index (κ3) is 6.51. The van der Waals surface area contributed by atoms with Gasteiger partial charge in [-0.1, -0.05) is 0 Å². The van der Waals surface area contributed by atoms with Crippen molar-refractivity contribution in [2.45, 2.75) is 25.4 Å². The quantitative estimate of drug-likeness (QED) is 0.500. The molecule has 0 bridgehead atoms. The number of methoxy groups -OCH3 is 1. The molecule has 0 saturated carbocycles. The Morgan fingerprint density at radius 1 is 1.69 bits per heavy atom. The Bertz CT molecular complexity index is 152. The summed E-state index contributed by atoms with van der Waals surface area (Å²) in [7, 11) is 1.63. The first-order valence-corrected chi connectivity index (χ1v) is 4.28. The first-order valence-electron chi connectivity index (χ1n) is 4.28. The second kappa shape index (κ2) is 6.82. The lowest BCUT2D eigenvalue weighted by molar-refractivity contribution is -0.138. The Balaban J connectivity index is 3.45. The van der Waals surface area contributed by atoms with Crippen LogP contribution < -0.4 is 11.1 Å². The molecule has 0 aromatic rings. The van der Waals surface area contributed by atoms with Gasteiger partial charge >= 0.3 is 5.97 Å². The van der Waals surface area contributed by atoms with E-state index in [1.54, 1.807) is 7.11 Å². The van der Waals surface area contributed by atoms with Crippen molar-refractivity contribution in [3.8, 4) is 0 Å². The zero-order valence-electron chi connectivity index (χ0n) is 8.12. The standard InChI is InChI=1S/C8H18N2O3/c1-6(3-4-13-2)10-5-7(9)8(11)12/h6-7,10H,3-5,9H2,1-2H3,(H,11,12). The minimum Gasteiger partial charge on any atom is -0.480 e. The summed E-state index contributed by atoms with van der Waals surface area (Å²) in [6.45, 7) is 2.92. The van der Waals surface area contributed by atoms with Gasteiger partial charge in [0.2, 0.25) is 0 Å². The molecule has 0 amide bonds. The van der Waals surface area contributed by atoms with E-state index in [9.17, 15) is 4.79 Å². The SMILES string of the molecule is COCCC(C)NCC(N)C(=O)O. The highest BCUT2D eigenvalue weighted by Gasteiger charge is 2.11. The third-order valence-electron chi connectivity index (χ3n) is 1.76. The summed E-state index contributed by atoms with van der Waals surface area (Å²) in [5, 5.41) is 11.5. The van der Waals surface area contributed by atoms with E-state index >= 15 is 0 Å². The van der Waals surface area contributed by atoms with Crippen molar-refractivity contribution in [1.29, 1.82) is 0 Å². The number of hydrogen-bond acceptors (Lipinski definition) is 4. The van der Waals surface area contributed by atoms with Crippen LogP contribution in [0.3, 0.4) is 0 Å². The van der Waals surface area contributed by atoms with Crippen molar-refractivity contribution < 1.29 is 14.6 Å². The minimum atomic E-state index is -0.980. The molecular formula is C8H18N2O3. The lowest BCUT2D eigenvalue weighted by atomic mass is 10.2. The second-order valence-electron chi connectivity index (χ2n) is 3.04. The van der Waals surface area contributed by atoms with Crippen molar-refractivity contribution in [3.05, 3.63) is 0 Å². The average molecular weight is 190 g/mol. The average Bonchev–Trinajstić information content (AvgIpc) is 2.10. The van der Waals surface area contributed by atoms with Crippen molar-refractivity contribution >= 4 is 5.97 Å². The highest BCUT2D eigenvalue weighted by molar-refractivity contribution is 5.73. The van der Waals surface area contributed by atoms with Gasteiger partial charge in [0.05, 0.1) is 0 Å². The van der Waals surface area contributed by atoms with E-state index < -0.39 is 12.0 Å². The van der Waals surface area contributed by atoms with Gasteiger partial charge in [0.15, 0.2) is 0 Å². The third-order valence-corrected chi connectivity index (χ3v) is 1.76. The molecule has 0 radical (unpaired) electrons. The highest BCUT2D eigenvalue weighted by Crippen LogP contribution is 1.90. The molecule has 0 aromatic heterocycles. The summed E-state index contributed by atoms with van der Waals surface area (Å²) in [5.74, 6) is -0.980. The first-order chi connectivity index (χ1) is 6.07. The smallest absolute Gasteiger partial charge is 0.321 e. The largest absolute Gasteiger partial charge is 0.480 e. The lowest BCUT2D eigenvalue weighted by Crippen LogP contribution is -2.43. The Labute approximate surface area is 78.3 Å². The Morgan fingerprint density at radius 3 is 2.77 bits per heavy atom. The molecule has 0 heterocycles. The zero-order valence-corrected chi connectivity index (χ0v) is 8.12. The zero-order chi connectivity index (χ0) is 10.3. The molecule has 13 heavy (non-hydrogen) atoms. The van der Waals surface area contributed by atoms with Gasteiger partial charge < -0.3 is 20.9 Å². The molecule has 0 aliphatic carbocycles. The van der Waals surface area contributed by atoms with Crippen molar-refractivity contribution in [3.63, 3.8) is 0 Å². The predicted molar refractivity (Wildman–Crippen MR) is 49.6 cm³/mol. The van der Waals surface area contributed by atoms with E-state index in [0.29, 0.717) is 13.2 Å². The molecule has 0 aliphatic heterocycles. The van der Waals surface area contributed by atoms with E-state index in [1.807, 2.05) is 6.92 Å². The van der Waals surface area contributed by atoms with E-state index in [4.69, 9.17) is 15.6 Å².